The Morgan fingerprint density at radius 2 is 1.63 bits per heavy atom. The zero-order valence-electron chi connectivity index (χ0n) is 24.5. The number of esters is 3. The van der Waals surface area contributed by atoms with Crippen LogP contribution in [0, 0.1) is 11.3 Å². The maximum atomic E-state index is 13.2. The molecular formula is C28H36N6O9. The second-order valence-corrected chi connectivity index (χ2v) is 10.4. The van der Waals surface area contributed by atoms with E-state index in [9.17, 15) is 24.0 Å². The monoisotopic (exact) mass is 600 g/mol. The van der Waals surface area contributed by atoms with Gasteiger partial charge in [-0.3, -0.25) is 19.4 Å². The molecule has 43 heavy (non-hydrogen) atoms. The van der Waals surface area contributed by atoms with Crippen molar-refractivity contribution in [2.24, 2.45) is 11.3 Å². The molecule has 0 unspecified atom stereocenters. The Balaban J connectivity index is 1.77. The van der Waals surface area contributed by atoms with Gasteiger partial charge in [0.25, 0.3) is 5.56 Å². The van der Waals surface area contributed by atoms with E-state index in [2.05, 4.69) is 20.3 Å². The number of anilines is 1. The van der Waals surface area contributed by atoms with Gasteiger partial charge in [-0.1, -0.05) is 44.2 Å². The topological polar surface area (TPSA) is 207 Å². The number of rotatable bonds is 14. The van der Waals surface area contributed by atoms with Crippen molar-refractivity contribution in [2.75, 3.05) is 25.6 Å². The van der Waals surface area contributed by atoms with Crippen molar-refractivity contribution in [1.82, 2.24) is 24.8 Å². The summed E-state index contributed by atoms with van der Waals surface area (Å²) in [4.78, 5) is 72.0. The van der Waals surface area contributed by atoms with Gasteiger partial charge in [0.1, 0.15) is 32.5 Å². The predicted molar refractivity (Wildman–Crippen MR) is 152 cm³/mol. The number of hydrogen-bond acceptors (Lipinski definition) is 12. The Morgan fingerprint density at radius 3 is 2.23 bits per heavy atom. The average molecular weight is 601 g/mol. The number of imidazole rings is 1. The number of nitrogens with zero attached hydrogens (tertiary/aromatic N) is 3. The van der Waals surface area contributed by atoms with Gasteiger partial charge in [-0.25, -0.2) is 14.6 Å². The summed E-state index contributed by atoms with van der Waals surface area (Å²) in [5, 5.41) is 2.54. The lowest BCUT2D eigenvalue weighted by molar-refractivity contribution is -0.162. The van der Waals surface area contributed by atoms with Crippen molar-refractivity contribution in [2.45, 2.75) is 53.3 Å². The summed E-state index contributed by atoms with van der Waals surface area (Å²) in [6.07, 6.45) is 0.708. The second-order valence-electron chi connectivity index (χ2n) is 10.4. The standard InChI is InChI=1S/C28H36N6O9/c1-17(2)21(31-27(39)40-12-20-8-6-5-7-9-20)25(38)43-15-28(13-41-18(3)35,14-42-19(4)36)10-11-34-16-30-22-23(34)32-26(29)33-24(22)37/h5-9,16-17,21H,10-15H2,1-4H3,(H,31,39)(H3,29,32,33,37)/t21-/m0/s1. The maximum absolute atomic E-state index is 13.2. The highest BCUT2D eigenvalue weighted by Gasteiger charge is 2.37. The highest BCUT2D eigenvalue weighted by atomic mass is 16.6. The molecule has 2 aromatic heterocycles. The van der Waals surface area contributed by atoms with Crippen molar-refractivity contribution in [3.63, 3.8) is 0 Å². The number of nitrogens with two attached hydrogens (primary N) is 1. The molecule has 15 nitrogen and oxygen atoms in total. The lowest BCUT2D eigenvalue weighted by Crippen LogP contribution is -2.47. The number of hydrogen-bond donors (Lipinski definition) is 3. The number of aromatic amines is 1. The van der Waals surface area contributed by atoms with Crippen molar-refractivity contribution in [3.05, 3.63) is 52.6 Å². The number of fused-ring (bicyclic) bond motifs is 1. The van der Waals surface area contributed by atoms with Gasteiger partial charge in [0.15, 0.2) is 11.2 Å². The number of carbonyl (C=O) groups excluding carboxylic acids is 4. The van der Waals surface area contributed by atoms with Crippen LogP contribution in [-0.2, 0) is 46.5 Å². The number of nitrogen functional groups attached to an aromatic ring is 1. The van der Waals surface area contributed by atoms with Crippen LogP contribution in [0.15, 0.2) is 41.5 Å². The van der Waals surface area contributed by atoms with E-state index in [1.807, 2.05) is 18.2 Å². The normalized spacial score (nSPS) is 12.0. The zero-order valence-corrected chi connectivity index (χ0v) is 24.5. The predicted octanol–water partition coefficient (Wildman–Crippen LogP) is 1.70. The van der Waals surface area contributed by atoms with Crippen molar-refractivity contribution < 1.29 is 38.1 Å². The molecule has 0 saturated carbocycles. The molecule has 0 radical (unpaired) electrons. The fourth-order valence-electron chi connectivity index (χ4n) is 4.05. The van der Waals surface area contributed by atoms with E-state index in [4.69, 9.17) is 24.7 Å². The third kappa shape index (κ3) is 9.55. The molecule has 1 amide bonds. The summed E-state index contributed by atoms with van der Waals surface area (Å²) in [6.45, 7) is 5.13. The number of benzene rings is 1. The number of ether oxygens (including phenoxy) is 4. The molecule has 4 N–H and O–H groups in total. The molecule has 0 fully saturated rings. The fraction of sp³-hybridized carbons (Fsp3) is 0.464. The van der Waals surface area contributed by atoms with Gasteiger partial charge in [-0.15, -0.1) is 0 Å². The van der Waals surface area contributed by atoms with Gasteiger partial charge < -0.3 is 34.6 Å². The van der Waals surface area contributed by atoms with Gasteiger partial charge in [0.2, 0.25) is 5.95 Å². The lowest BCUT2D eigenvalue weighted by Gasteiger charge is -2.33. The fourth-order valence-corrected chi connectivity index (χ4v) is 4.05. The average Bonchev–Trinajstić information content (AvgIpc) is 3.37. The molecule has 0 aliphatic rings. The van der Waals surface area contributed by atoms with Gasteiger partial charge >= 0.3 is 24.0 Å². The van der Waals surface area contributed by atoms with Crippen LogP contribution in [0.1, 0.15) is 39.7 Å². The smallest absolute Gasteiger partial charge is 0.408 e. The van der Waals surface area contributed by atoms with Crippen LogP contribution >= 0.6 is 0 Å². The summed E-state index contributed by atoms with van der Waals surface area (Å²) in [5.74, 6) is -2.45. The molecule has 1 atom stereocenters. The highest BCUT2D eigenvalue weighted by Crippen LogP contribution is 2.27. The van der Waals surface area contributed by atoms with Gasteiger partial charge in [-0.05, 0) is 17.9 Å². The third-order valence-corrected chi connectivity index (χ3v) is 6.47. The van der Waals surface area contributed by atoms with E-state index in [-0.39, 0.29) is 62.4 Å². The van der Waals surface area contributed by atoms with Gasteiger partial charge in [0.05, 0.1) is 11.7 Å². The minimum atomic E-state index is -1.22. The van der Waals surface area contributed by atoms with E-state index in [1.54, 1.807) is 30.5 Å². The molecule has 232 valence electrons. The summed E-state index contributed by atoms with van der Waals surface area (Å²) >= 11 is 0. The van der Waals surface area contributed by atoms with E-state index in [0.29, 0.717) is 0 Å². The van der Waals surface area contributed by atoms with E-state index in [0.717, 1.165) is 5.56 Å². The van der Waals surface area contributed by atoms with Crippen LogP contribution in [0.4, 0.5) is 10.7 Å². The Bertz CT molecular complexity index is 1470. The largest absolute Gasteiger partial charge is 0.465 e. The number of carbonyl (C=O) groups is 4. The van der Waals surface area contributed by atoms with Gasteiger partial charge in [0, 0.05) is 20.4 Å². The molecule has 15 heteroatoms. The molecule has 0 bridgehead atoms. The molecule has 0 aliphatic carbocycles. The SMILES string of the molecule is CC(=O)OCC(CCn1cnc2c(=O)[nH]c(N)nc21)(COC(C)=O)COC(=O)[C@@H](NC(=O)OCc1ccccc1)C(C)C. The molecule has 0 aliphatic heterocycles. The van der Waals surface area contributed by atoms with E-state index < -0.39 is 41.0 Å². The van der Waals surface area contributed by atoms with Crippen LogP contribution in [0.5, 0.6) is 0 Å². The van der Waals surface area contributed by atoms with E-state index >= 15 is 0 Å². The van der Waals surface area contributed by atoms with Crippen LogP contribution in [0.25, 0.3) is 11.2 Å². The van der Waals surface area contributed by atoms with E-state index in [1.165, 1.54) is 20.2 Å². The summed E-state index contributed by atoms with van der Waals surface area (Å²) in [6, 6.07) is 7.97. The van der Waals surface area contributed by atoms with Crippen LogP contribution in [-0.4, -0.2) is 69.4 Å². The zero-order chi connectivity index (χ0) is 31.6. The minimum Gasteiger partial charge on any atom is -0.465 e. The first-order valence-corrected chi connectivity index (χ1v) is 13.5. The quantitative estimate of drug-likeness (QED) is 0.178. The van der Waals surface area contributed by atoms with Gasteiger partial charge in [-0.2, -0.15) is 4.98 Å². The van der Waals surface area contributed by atoms with Crippen molar-refractivity contribution >= 4 is 41.1 Å². The molecule has 3 rings (SSSR count). The van der Waals surface area contributed by atoms with Crippen LogP contribution in [0.3, 0.4) is 0 Å². The molecular weight excluding hydrogens is 564 g/mol. The second kappa shape index (κ2) is 14.8. The number of nitrogens with one attached hydrogen (secondary N) is 2. The summed E-state index contributed by atoms with van der Waals surface area (Å²) in [7, 11) is 0. The third-order valence-electron chi connectivity index (χ3n) is 6.47. The number of amides is 1. The number of alkyl carbamates (subject to hydrolysis) is 1. The van der Waals surface area contributed by atoms with Crippen LogP contribution < -0.4 is 16.6 Å². The first kappa shape index (κ1) is 32.6. The van der Waals surface area contributed by atoms with Crippen molar-refractivity contribution in [3.8, 4) is 0 Å². The van der Waals surface area contributed by atoms with Crippen molar-refractivity contribution in [1.29, 1.82) is 0 Å². The molecule has 0 spiro atoms. The first-order chi connectivity index (χ1) is 20.4. The number of aromatic nitrogens is 4. The summed E-state index contributed by atoms with van der Waals surface area (Å²) < 4.78 is 23.0. The Kier molecular flexibility index (Phi) is 11.2. The number of aryl methyl sites for hydroxylation is 1. The van der Waals surface area contributed by atoms with Crippen LogP contribution in [0.2, 0.25) is 0 Å². The Morgan fingerprint density at radius 1 is 1.00 bits per heavy atom. The highest BCUT2D eigenvalue weighted by molar-refractivity contribution is 5.81. The Labute approximate surface area is 247 Å². The summed E-state index contributed by atoms with van der Waals surface area (Å²) in [5.41, 5.74) is 5.01. The Hall–Kier alpha value is -4.95. The minimum absolute atomic E-state index is 0.00965. The molecule has 2 heterocycles. The first-order valence-electron chi connectivity index (χ1n) is 13.5. The molecule has 1 aromatic carbocycles. The molecule has 0 saturated heterocycles. The maximum Gasteiger partial charge on any atom is 0.408 e. The number of H-pyrrole nitrogens is 1. The molecule has 3 aromatic rings. The lowest BCUT2D eigenvalue weighted by atomic mass is 9.86.